The molecule has 0 saturated carbocycles. The number of amides is 1. The molecule has 1 unspecified atom stereocenters. The number of hydrogen-bond donors (Lipinski definition) is 1. The molecular formula is C18H19FN2O3. The van der Waals surface area contributed by atoms with E-state index >= 15 is 0 Å². The number of carbonyl (C=O) groups is 1. The first kappa shape index (κ1) is 17.5. The maximum Gasteiger partial charge on any atom is 0.261 e. The average Bonchev–Trinajstić information content (AvgIpc) is 2.60. The number of nitrogens with zero attached hydrogens (tertiary/aromatic N) is 1. The fourth-order valence-corrected chi connectivity index (χ4v) is 2.13. The lowest BCUT2D eigenvalue weighted by Crippen LogP contribution is -2.29. The molecule has 0 spiro atoms. The Morgan fingerprint density at radius 2 is 1.96 bits per heavy atom. The van der Waals surface area contributed by atoms with Crippen LogP contribution in [0.4, 0.5) is 4.39 Å². The van der Waals surface area contributed by atoms with Gasteiger partial charge in [0, 0.05) is 5.56 Å². The highest BCUT2D eigenvalue weighted by Gasteiger charge is 2.13. The summed E-state index contributed by atoms with van der Waals surface area (Å²) in [4.78, 5) is 16.8. The Bertz CT molecular complexity index is 702. The predicted molar refractivity (Wildman–Crippen MR) is 89.5 cm³/mol. The molecule has 0 aliphatic heterocycles. The van der Waals surface area contributed by atoms with Crippen molar-refractivity contribution in [3.05, 3.63) is 65.5 Å². The highest BCUT2D eigenvalue weighted by molar-refractivity contribution is 5.80. The van der Waals surface area contributed by atoms with Gasteiger partial charge in [-0.3, -0.25) is 4.79 Å². The van der Waals surface area contributed by atoms with Crippen molar-refractivity contribution >= 4 is 12.1 Å². The normalized spacial score (nSPS) is 12.0. The molecule has 126 valence electrons. The van der Waals surface area contributed by atoms with Gasteiger partial charge in [-0.15, -0.1) is 0 Å². The summed E-state index contributed by atoms with van der Waals surface area (Å²) in [6.45, 7) is 1.65. The zero-order chi connectivity index (χ0) is 17.4. The highest BCUT2D eigenvalue weighted by Crippen LogP contribution is 2.24. The van der Waals surface area contributed by atoms with Gasteiger partial charge in [-0.1, -0.05) is 35.5 Å². The molecule has 0 aromatic heterocycles. The number of ether oxygens (including phenoxy) is 1. The smallest absolute Gasteiger partial charge is 0.261 e. The summed E-state index contributed by atoms with van der Waals surface area (Å²) < 4.78 is 18.0. The third-order valence-corrected chi connectivity index (χ3v) is 3.32. The molecule has 6 heteroatoms. The predicted octanol–water partition coefficient (Wildman–Crippen LogP) is 3.06. The van der Waals surface area contributed by atoms with Crippen molar-refractivity contribution in [3.63, 3.8) is 0 Å². The van der Waals surface area contributed by atoms with Gasteiger partial charge in [0.05, 0.1) is 19.4 Å². The van der Waals surface area contributed by atoms with Crippen LogP contribution in [0, 0.1) is 5.82 Å². The number of carbonyl (C=O) groups excluding carboxylic acids is 1. The van der Waals surface area contributed by atoms with Crippen LogP contribution in [0.5, 0.6) is 5.75 Å². The number of benzene rings is 2. The summed E-state index contributed by atoms with van der Waals surface area (Å²) in [6, 6.07) is 13.0. The van der Waals surface area contributed by atoms with Crippen molar-refractivity contribution in [3.8, 4) is 5.75 Å². The first-order valence-corrected chi connectivity index (χ1v) is 7.43. The monoisotopic (exact) mass is 330 g/mol. The molecule has 0 aliphatic carbocycles. The van der Waals surface area contributed by atoms with Crippen LogP contribution in [0.25, 0.3) is 0 Å². The Kier molecular flexibility index (Phi) is 6.31. The molecule has 0 fully saturated rings. The lowest BCUT2D eigenvalue weighted by molar-refractivity contribution is -0.126. The summed E-state index contributed by atoms with van der Waals surface area (Å²) in [5, 5.41) is 6.50. The Labute approximate surface area is 140 Å². The standard InChI is InChI=1S/C18H19FN2O3/c1-13(16-5-3-4-6-17(16)23-2)21-18(22)12-24-20-11-14-7-9-15(19)10-8-14/h3-11,13H,12H2,1-2H3,(H,21,22)/b20-11+. The second kappa shape index (κ2) is 8.67. The molecule has 0 aliphatic rings. The van der Waals surface area contributed by atoms with Crippen LogP contribution < -0.4 is 10.1 Å². The van der Waals surface area contributed by atoms with Crippen LogP contribution in [-0.2, 0) is 9.63 Å². The summed E-state index contributed by atoms with van der Waals surface area (Å²) in [5.74, 6) is 0.0861. The molecule has 1 N–H and O–H groups in total. The maximum absolute atomic E-state index is 12.8. The third-order valence-electron chi connectivity index (χ3n) is 3.32. The number of hydrogen-bond acceptors (Lipinski definition) is 4. The molecule has 0 bridgehead atoms. The van der Waals surface area contributed by atoms with E-state index < -0.39 is 0 Å². The molecule has 2 rings (SSSR count). The Morgan fingerprint density at radius 1 is 1.25 bits per heavy atom. The second-order valence-corrected chi connectivity index (χ2v) is 5.09. The molecule has 1 amide bonds. The lowest BCUT2D eigenvalue weighted by Gasteiger charge is -2.16. The molecule has 0 saturated heterocycles. The van der Waals surface area contributed by atoms with Gasteiger partial charge in [0.2, 0.25) is 0 Å². The molecule has 24 heavy (non-hydrogen) atoms. The number of methoxy groups -OCH3 is 1. The molecule has 0 radical (unpaired) electrons. The van der Waals surface area contributed by atoms with Gasteiger partial charge in [0.25, 0.3) is 5.91 Å². The lowest BCUT2D eigenvalue weighted by atomic mass is 10.1. The largest absolute Gasteiger partial charge is 0.496 e. The van der Waals surface area contributed by atoms with Crippen LogP contribution in [-0.4, -0.2) is 25.8 Å². The number of nitrogens with one attached hydrogen (secondary N) is 1. The maximum atomic E-state index is 12.8. The number of oxime groups is 1. The molecule has 2 aromatic carbocycles. The van der Waals surface area contributed by atoms with E-state index in [4.69, 9.17) is 9.57 Å². The number of halogens is 1. The third kappa shape index (κ3) is 5.08. The van der Waals surface area contributed by atoms with Gasteiger partial charge >= 0.3 is 0 Å². The van der Waals surface area contributed by atoms with E-state index in [1.807, 2.05) is 31.2 Å². The van der Waals surface area contributed by atoms with E-state index in [0.29, 0.717) is 11.3 Å². The first-order chi connectivity index (χ1) is 11.6. The quantitative estimate of drug-likeness (QED) is 0.627. The van der Waals surface area contributed by atoms with Gasteiger partial charge < -0.3 is 14.9 Å². The van der Waals surface area contributed by atoms with Crippen molar-refractivity contribution in [2.45, 2.75) is 13.0 Å². The number of para-hydroxylation sites is 1. The van der Waals surface area contributed by atoms with Gasteiger partial charge in [0.1, 0.15) is 11.6 Å². The fraction of sp³-hybridized carbons (Fsp3) is 0.222. The van der Waals surface area contributed by atoms with Crippen molar-refractivity contribution in [2.75, 3.05) is 13.7 Å². The van der Waals surface area contributed by atoms with Gasteiger partial charge in [-0.25, -0.2) is 4.39 Å². The van der Waals surface area contributed by atoms with Crippen molar-refractivity contribution in [2.24, 2.45) is 5.16 Å². The Balaban J connectivity index is 1.81. The minimum atomic E-state index is -0.322. The molecule has 1 atom stereocenters. The Hall–Kier alpha value is -2.89. The van der Waals surface area contributed by atoms with Crippen LogP contribution in [0.1, 0.15) is 24.1 Å². The topological polar surface area (TPSA) is 59.9 Å². The summed E-state index contributed by atoms with van der Waals surface area (Å²) in [6.07, 6.45) is 1.41. The molecule has 0 heterocycles. The van der Waals surface area contributed by atoms with Gasteiger partial charge in [-0.05, 0) is 30.7 Å². The fourth-order valence-electron chi connectivity index (χ4n) is 2.13. The summed E-state index contributed by atoms with van der Waals surface area (Å²) in [7, 11) is 1.58. The SMILES string of the molecule is COc1ccccc1C(C)NC(=O)CO/N=C/c1ccc(F)cc1. The number of rotatable bonds is 7. The molecule has 5 nitrogen and oxygen atoms in total. The van der Waals surface area contributed by atoms with Crippen molar-refractivity contribution < 1.29 is 18.8 Å². The summed E-state index contributed by atoms with van der Waals surface area (Å²) in [5.41, 5.74) is 1.56. The minimum absolute atomic E-state index is 0.211. The van der Waals surface area contributed by atoms with E-state index in [9.17, 15) is 9.18 Å². The van der Waals surface area contributed by atoms with Crippen LogP contribution >= 0.6 is 0 Å². The van der Waals surface area contributed by atoms with E-state index in [1.54, 1.807) is 19.2 Å². The van der Waals surface area contributed by atoms with E-state index in [0.717, 1.165) is 5.56 Å². The van der Waals surface area contributed by atoms with Crippen LogP contribution in [0.3, 0.4) is 0 Å². The van der Waals surface area contributed by atoms with E-state index in [2.05, 4.69) is 10.5 Å². The van der Waals surface area contributed by atoms with Gasteiger partial charge in [0.15, 0.2) is 6.61 Å². The highest BCUT2D eigenvalue weighted by atomic mass is 19.1. The zero-order valence-electron chi connectivity index (χ0n) is 13.5. The Morgan fingerprint density at radius 3 is 2.67 bits per heavy atom. The van der Waals surface area contributed by atoms with Crippen LogP contribution in [0.2, 0.25) is 0 Å². The van der Waals surface area contributed by atoms with E-state index in [1.165, 1.54) is 18.3 Å². The van der Waals surface area contributed by atoms with E-state index in [-0.39, 0.29) is 24.4 Å². The van der Waals surface area contributed by atoms with Gasteiger partial charge in [-0.2, -0.15) is 0 Å². The first-order valence-electron chi connectivity index (χ1n) is 7.43. The van der Waals surface area contributed by atoms with Crippen molar-refractivity contribution in [1.82, 2.24) is 5.32 Å². The molecule has 2 aromatic rings. The zero-order valence-corrected chi connectivity index (χ0v) is 13.5. The minimum Gasteiger partial charge on any atom is -0.496 e. The second-order valence-electron chi connectivity index (χ2n) is 5.09. The van der Waals surface area contributed by atoms with Crippen molar-refractivity contribution in [1.29, 1.82) is 0 Å². The van der Waals surface area contributed by atoms with Crippen LogP contribution in [0.15, 0.2) is 53.7 Å². The average molecular weight is 330 g/mol. The summed E-state index contributed by atoms with van der Waals surface area (Å²) >= 11 is 0. The molecular weight excluding hydrogens is 311 g/mol.